The molecule has 0 aliphatic carbocycles. The third kappa shape index (κ3) is 2.27. The van der Waals surface area contributed by atoms with E-state index in [0.29, 0.717) is 5.02 Å². The highest BCUT2D eigenvalue weighted by Crippen LogP contribution is 2.28. The highest BCUT2D eigenvalue weighted by Gasteiger charge is 2.13. The Kier molecular flexibility index (Phi) is 3.08. The quantitative estimate of drug-likeness (QED) is 0.749. The van der Waals surface area contributed by atoms with Crippen molar-refractivity contribution >= 4 is 11.6 Å². The van der Waals surface area contributed by atoms with Crippen molar-refractivity contribution in [2.45, 2.75) is 0 Å². The molecule has 0 aliphatic rings. The predicted molar refractivity (Wildman–Crippen MR) is 60.4 cm³/mol. The van der Waals surface area contributed by atoms with Crippen LogP contribution in [0.4, 0.5) is 8.78 Å². The lowest BCUT2D eigenvalue weighted by atomic mass is 10.0. The fraction of sp³-hybridized carbons (Fsp3) is 0. The molecule has 0 saturated heterocycles. The number of nitrogens with zero attached hydrogens (tertiary/aromatic N) is 1. The van der Waals surface area contributed by atoms with Crippen LogP contribution in [-0.4, -0.2) is 0 Å². The van der Waals surface area contributed by atoms with Gasteiger partial charge in [0, 0.05) is 5.02 Å². The molecule has 2 aromatic rings. The summed E-state index contributed by atoms with van der Waals surface area (Å²) in [6, 6.07) is 10.8. The fourth-order valence-electron chi connectivity index (χ4n) is 1.48. The highest BCUT2D eigenvalue weighted by atomic mass is 35.5. The van der Waals surface area contributed by atoms with Crippen molar-refractivity contribution in [2.24, 2.45) is 0 Å². The van der Waals surface area contributed by atoms with Crippen molar-refractivity contribution in [3.05, 3.63) is 58.6 Å². The third-order valence-electron chi connectivity index (χ3n) is 2.20. The minimum absolute atomic E-state index is 0.0641. The highest BCUT2D eigenvalue weighted by molar-refractivity contribution is 6.30. The molecule has 83 valence electrons. The van der Waals surface area contributed by atoms with Crippen LogP contribution >= 0.6 is 11.6 Å². The van der Waals surface area contributed by atoms with Gasteiger partial charge in [0.1, 0.15) is 11.6 Å². The maximum Gasteiger partial charge on any atom is 0.135 e. The molecule has 1 radical (unpaired) electrons. The summed E-state index contributed by atoms with van der Waals surface area (Å²) < 4.78 is 27.3. The molecule has 17 heavy (non-hydrogen) atoms. The van der Waals surface area contributed by atoms with E-state index in [1.54, 1.807) is 12.1 Å². The predicted octanol–water partition coefficient (Wildman–Crippen LogP) is 3.96. The second kappa shape index (κ2) is 4.52. The largest absolute Gasteiger partial charge is 0.206 e. The normalized spacial score (nSPS) is 10.0. The molecule has 0 amide bonds. The molecule has 0 unspecified atom stereocenters. The van der Waals surface area contributed by atoms with E-state index in [9.17, 15) is 8.78 Å². The van der Waals surface area contributed by atoms with Gasteiger partial charge in [0.2, 0.25) is 0 Å². The van der Waals surface area contributed by atoms with E-state index in [1.165, 1.54) is 12.1 Å². The first kappa shape index (κ1) is 11.6. The molecule has 0 heterocycles. The van der Waals surface area contributed by atoms with Crippen LogP contribution in [0, 0.1) is 29.0 Å². The number of rotatable bonds is 1. The minimum atomic E-state index is -0.805. The van der Waals surface area contributed by atoms with Crippen LogP contribution in [0.1, 0.15) is 5.56 Å². The maximum absolute atomic E-state index is 13.7. The standard InChI is InChI=1S/C13H5ClF2N/c14-10-3-1-2-9(6-10)13-11(15)4-8(7-17)5-12(13)16/h1,3-6H. The van der Waals surface area contributed by atoms with Gasteiger partial charge in [0.25, 0.3) is 0 Å². The molecule has 0 bridgehead atoms. The SMILES string of the molecule is N#Cc1cc(F)c(-c2[c]ccc(Cl)c2)c(F)c1. The molecule has 0 spiro atoms. The number of hydrogen-bond acceptors (Lipinski definition) is 1. The third-order valence-corrected chi connectivity index (χ3v) is 2.44. The Balaban J connectivity index is 2.65. The second-order valence-corrected chi connectivity index (χ2v) is 3.78. The van der Waals surface area contributed by atoms with E-state index in [1.807, 2.05) is 0 Å². The van der Waals surface area contributed by atoms with E-state index in [0.717, 1.165) is 12.1 Å². The Hall–Kier alpha value is -1.92. The summed E-state index contributed by atoms with van der Waals surface area (Å²) in [5, 5.41) is 8.94. The van der Waals surface area contributed by atoms with Crippen LogP contribution in [-0.2, 0) is 0 Å². The Bertz CT molecular complexity index is 594. The van der Waals surface area contributed by atoms with E-state index < -0.39 is 11.6 Å². The molecule has 4 heteroatoms. The summed E-state index contributed by atoms with van der Waals surface area (Å²) in [6.45, 7) is 0. The van der Waals surface area contributed by atoms with Crippen molar-refractivity contribution in [3.63, 3.8) is 0 Å². The average molecular weight is 249 g/mol. The van der Waals surface area contributed by atoms with E-state index in [4.69, 9.17) is 16.9 Å². The average Bonchev–Trinajstić information content (AvgIpc) is 2.28. The van der Waals surface area contributed by atoms with Gasteiger partial charge in [-0.2, -0.15) is 5.26 Å². The Labute approximate surface area is 102 Å². The zero-order valence-corrected chi connectivity index (χ0v) is 9.22. The van der Waals surface area contributed by atoms with Crippen molar-refractivity contribution in [2.75, 3.05) is 0 Å². The molecule has 0 aliphatic heterocycles. The van der Waals surface area contributed by atoms with Gasteiger partial charge >= 0.3 is 0 Å². The Morgan fingerprint density at radius 3 is 2.35 bits per heavy atom. The van der Waals surface area contributed by atoms with Gasteiger partial charge < -0.3 is 0 Å². The van der Waals surface area contributed by atoms with E-state index in [-0.39, 0.29) is 16.7 Å². The molecule has 0 N–H and O–H groups in total. The van der Waals surface area contributed by atoms with Gasteiger partial charge in [-0.15, -0.1) is 0 Å². The summed E-state index contributed by atoms with van der Waals surface area (Å²) in [5.74, 6) is -1.61. The van der Waals surface area contributed by atoms with Crippen molar-refractivity contribution in [3.8, 4) is 17.2 Å². The van der Waals surface area contributed by atoms with E-state index in [2.05, 4.69) is 6.07 Å². The van der Waals surface area contributed by atoms with Crippen LogP contribution in [0.5, 0.6) is 0 Å². The first-order chi connectivity index (χ1) is 8.11. The zero-order valence-electron chi connectivity index (χ0n) is 8.47. The number of nitriles is 1. The molecule has 0 atom stereocenters. The van der Waals surface area contributed by atoms with Gasteiger partial charge in [-0.1, -0.05) is 17.7 Å². The zero-order chi connectivity index (χ0) is 12.4. The smallest absolute Gasteiger partial charge is 0.135 e. The lowest BCUT2D eigenvalue weighted by Gasteiger charge is -2.05. The fourth-order valence-corrected chi connectivity index (χ4v) is 1.65. The summed E-state index contributed by atoms with van der Waals surface area (Å²) in [6.07, 6.45) is 0. The van der Waals surface area contributed by atoms with Gasteiger partial charge in [-0.05, 0) is 35.9 Å². The monoisotopic (exact) mass is 248 g/mol. The first-order valence-corrected chi connectivity index (χ1v) is 5.06. The van der Waals surface area contributed by atoms with Crippen molar-refractivity contribution in [1.82, 2.24) is 0 Å². The number of benzene rings is 2. The van der Waals surface area contributed by atoms with Gasteiger partial charge in [0.15, 0.2) is 0 Å². The summed E-state index contributed by atoms with van der Waals surface area (Å²) >= 11 is 5.74. The molecular formula is C13H5ClF2N. The van der Waals surface area contributed by atoms with Crippen LogP contribution in [0.3, 0.4) is 0 Å². The lowest BCUT2D eigenvalue weighted by Crippen LogP contribution is -1.92. The maximum atomic E-state index is 13.7. The summed E-state index contributed by atoms with van der Waals surface area (Å²) in [5.41, 5.74) is -0.0748. The number of halogens is 3. The van der Waals surface area contributed by atoms with Crippen molar-refractivity contribution < 1.29 is 8.78 Å². The Morgan fingerprint density at radius 1 is 1.18 bits per heavy atom. The second-order valence-electron chi connectivity index (χ2n) is 3.35. The topological polar surface area (TPSA) is 23.8 Å². The van der Waals surface area contributed by atoms with Crippen molar-refractivity contribution in [1.29, 1.82) is 5.26 Å². The molecule has 0 aromatic heterocycles. The summed E-state index contributed by atoms with van der Waals surface area (Å²) in [4.78, 5) is 0. The first-order valence-electron chi connectivity index (χ1n) is 4.68. The van der Waals surface area contributed by atoms with Gasteiger partial charge in [-0.25, -0.2) is 8.78 Å². The molecule has 2 rings (SSSR count). The molecule has 1 nitrogen and oxygen atoms in total. The molecule has 0 saturated carbocycles. The van der Waals surface area contributed by atoms with E-state index >= 15 is 0 Å². The van der Waals surface area contributed by atoms with Crippen LogP contribution in [0.15, 0.2) is 30.3 Å². The molecule has 2 aromatic carbocycles. The van der Waals surface area contributed by atoms with Gasteiger partial charge in [0.05, 0.1) is 17.2 Å². The lowest BCUT2D eigenvalue weighted by molar-refractivity contribution is 0.589. The molecular weight excluding hydrogens is 244 g/mol. The van der Waals surface area contributed by atoms with Crippen LogP contribution in [0.2, 0.25) is 5.02 Å². The Morgan fingerprint density at radius 2 is 1.82 bits per heavy atom. The number of hydrogen-bond donors (Lipinski definition) is 0. The molecule has 0 fully saturated rings. The minimum Gasteiger partial charge on any atom is -0.206 e. The van der Waals surface area contributed by atoms with Gasteiger partial charge in [-0.3, -0.25) is 0 Å². The van der Waals surface area contributed by atoms with Crippen LogP contribution in [0.25, 0.3) is 11.1 Å². The van der Waals surface area contributed by atoms with Crippen LogP contribution < -0.4 is 0 Å². The summed E-state index contributed by atoms with van der Waals surface area (Å²) in [7, 11) is 0.